The van der Waals surface area contributed by atoms with Gasteiger partial charge in [-0.25, -0.2) is 4.79 Å². The molecule has 1 aliphatic heterocycles. The monoisotopic (exact) mass is 281 g/mol. The highest BCUT2D eigenvalue weighted by molar-refractivity contribution is 6.31. The summed E-state index contributed by atoms with van der Waals surface area (Å²) >= 11 is 5.89. The molecule has 1 heterocycles. The molecule has 0 aliphatic carbocycles. The number of aromatic carboxylic acids is 1. The molecule has 1 fully saturated rings. The number of carbonyl (C=O) groups is 1. The molecule has 19 heavy (non-hydrogen) atoms. The van der Waals surface area contributed by atoms with Crippen molar-refractivity contribution in [2.24, 2.45) is 5.41 Å². The number of piperidine rings is 1. The standard InChI is InChI=1S/C15H20ClNO2/c1-3-15(2)6-8-17(9-7-15)13-5-4-11(16)10-12(13)14(18)19/h4-5,10H,3,6-9H2,1-2H3,(H,18,19). The Kier molecular flexibility index (Phi) is 4.04. The lowest BCUT2D eigenvalue weighted by molar-refractivity contribution is 0.0697. The van der Waals surface area contributed by atoms with Gasteiger partial charge in [0, 0.05) is 18.1 Å². The first-order valence-electron chi connectivity index (χ1n) is 6.73. The highest BCUT2D eigenvalue weighted by Crippen LogP contribution is 2.36. The highest BCUT2D eigenvalue weighted by Gasteiger charge is 2.29. The first kappa shape index (κ1) is 14.2. The van der Waals surface area contributed by atoms with Gasteiger partial charge in [0.15, 0.2) is 0 Å². The Morgan fingerprint density at radius 3 is 2.58 bits per heavy atom. The number of anilines is 1. The second kappa shape index (κ2) is 5.41. The van der Waals surface area contributed by atoms with E-state index in [-0.39, 0.29) is 0 Å². The molecule has 1 saturated heterocycles. The van der Waals surface area contributed by atoms with Crippen LogP contribution in [0.25, 0.3) is 0 Å². The van der Waals surface area contributed by atoms with Crippen molar-refractivity contribution in [2.45, 2.75) is 33.1 Å². The van der Waals surface area contributed by atoms with Crippen LogP contribution in [0.5, 0.6) is 0 Å². The van der Waals surface area contributed by atoms with E-state index in [4.69, 9.17) is 11.6 Å². The van der Waals surface area contributed by atoms with Gasteiger partial charge in [-0.3, -0.25) is 0 Å². The van der Waals surface area contributed by atoms with Gasteiger partial charge in [-0.1, -0.05) is 31.9 Å². The summed E-state index contributed by atoms with van der Waals surface area (Å²) in [5.74, 6) is -0.915. The largest absolute Gasteiger partial charge is 0.478 e. The van der Waals surface area contributed by atoms with Crippen LogP contribution in [0.2, 0.25) is 5.02 Å². The Balaban J connectivity index is 2.22. The maximum atomic E-state index is 11.3. The maximum Gasteiger partial charge on any atom is 0.337 e. The molecular formula is C15H20ClNO2. The fourth-order valence-corrected chi connectivity index (χ4v) is 2.77. The number of carboxylic acids is 1. The SMILES string of the molecule is CCC1(C)CCN(c2ccc(Cl)cc2C(=O)O)CC1. The Hall–Kier alpha value is -1.22. The molecule has 0 radical (unpaired) electrons. The second-order valence-electron chi connectivity index (χ2n) is 5.62. The summed E-state index contributed by atoms with van der Waals surface area (Å²) in [5.41, 5.74) is 1.48. The van der Waals surface area contributed by atoms with Crippen molar-refractivity contribution in [3.63, 3.8) is 0 Å². The zero-order valence-electron chi connectivity index (χ0n) is 11.4. The minimum Gasteiger partial charge on any atom is -0.478 e. The molecule has 1 aromatic carbocycles. The van der Waals surface area contributed by atoms with Crippen LogP contribution in [0, 0.1) is 5.41 Å². The quantitative estimate of drug-likeness (QED) is 0.908. The number of rotatable bonds is 3. The first-order chi connectivity index (χ1) is 8.95. The summed E-state index contributed by atoms with van der Waals surface area (Å²) in [4.78, 5) is 13.5. The van der Waals surface area contributed by atoms with E-state index in [0.717, 1.165) is 31.6 Å². The second-order valence-corrected chi connectivity index (χ2v) is 6.05. The van der Waals surface area contributed by atoms with E-state index >= 15 is 0 Å². The van der Waals surface area contributed by atoms with Gasteiger partial charge in [0.2, 0.25) is 0 Å². The van der Waals surface area contributed by atoms with E-state index in [2.05, 4.69) is 18.7 Å². The lowest BCUT2D eigenvalue weighted by Gasteiger charge is -2.40. The van der Waals surface area contributed by atoms with Crippen molar-refractivity contribution >= 4 is 23.3 Å². The average Bonchev–Trinajstić information content (AvgIpc) is 2.40. The molecule has 2 rings (SSSR count). The van der Waals surface area contributed by atoms with E-state index in [1.165, 1.54) is 12.5 Å². The van der Waals surface area contributed by atoms with Gasteiger partial charge in [0.05, 0.1) is 11.3 Å². The molecule has 0 saturated carbocycles. The van der Waals surface area contributed by atoms with Gasteiger partial charge < -0.3 is 10.0 Å². The van der Waals surface area contributed by atoms with Crippen LogP contribution in [-0.4, -0.2) is 24.2 Å². The minimum absolute atomic E-state index is 0.299. The lowest BCUT2D eigenvalue weighted by atomic mass is 9.78. The summed E-state index contributed by atoms with van der Waals surface area (Å²) in [6.07, 6.45) is 3.38. The summed E-state index contributed by atoms with van der Waals surface area (Å²) < 4.78 is 0. The number of benzene rings is 1. The molecule has 0 amide bonds. The fraction of sp³-hybridized carbons (Fsp3) is 0.533. The van der Waals surface area contributed by atoms with Crippen molar-refractivity contribution in [1.82, 2.24) is 0 Å². The normalized spacial score (nSPS) is 18.4. The van der Waals surface area contributed by atoms with Crippen molar-refractivity contribution in [3.8, 4) is 0 Å². The van der Waals surface area contributed by atoms with Gasteiger partial charge in [0.1, 0.15) is 0 Å². The van der Waals surface area contributed by atoms with E-state index in [9.17, 15) is 9.90 Å². The number of halogens is 1. The average molecular weight is 282 g/mol. The number of hydrogen-bond acceptors (Lipinski definition) is 2. The molecule has 1 N–H and O–H groups in total. The van der Waals surface area contributed by atoms with Crippen LogP contribution in [0.3, 0.4) is 0 Å². The van der Waals surface area contributed by atoms with Gasteiger partial charge in [-0.05, 0) is 36.5 Å². The minimum atomic E-state index is -0.915. The molecule has 0 spiro atoms. The fourth-order valence-electron chi connectivity index (χ4n) is 2.60. The summed E-state index contributed by atoms with van der Waals surface area (Å²) in [5, 5.41) is 9.75. The van der Waals surface area contributed by atoms with Crippen LogP contribution in [-0.2, 0) is 0 Å². The van der Waals surface area contributed by atoms with E-state index in [1.807, 2.05) is 6.07 Å². The van der Waals surface area contributed by atoms with Crippen LogP contribution in [0.4, 0.5) is 5.69 Å². The van der Waals surface area contributed by atoms with Crippen molar-refractivity contribution in [1.29, 1.82) is 0 Å². The van der Waals surface area contributed by atoms with Crippen LogP contribution >= 0.6 is 11.6 Å². The first-order valence-corrected chi connectivity index (χ1v) is 7.11. The van der Waals surface area contributed by atoms with Gasteiger partial charge in [0.25, 0.3) is 0 Å². The number of carboxylic acid groups (broad SMARTS) is 1. The van der Waals surface area contributed by atoms with Gasteiger partial charge in [-0.2, -0.15) is 0 Å². The van der Waals surface area contributed by atoms with Crippen LogP contribution < -0.4 is 4.90 Å². The summed E-state index contributed by atoms with van der Waals surface area (Å²) in [7, 11) is 0. The van der Waals surface area contributed by atoms with Crippen LogP contribution in [0.1, 0.15) is 43.5 Å². The topological polar surface area (TPSA) is 40.5 Å². The Bertz CT molecular complexity index is 479. The van der Waals surface area contributed by atoms with Crippen molar-refractivity contribution in [3.05, 3.63) is 28.8 Å². The third kappa shape index (κ3) is 3.03. The maximum absolute atomic E-state index is 11.3. The predicted molar refractivity (Wildman–Crippen MR) is 78.3 cm³/mol. The molecular weight excluding hydrogens is 262 g/mol. The molecule has 4 heteroatoms. The molecule has 0 atom stereocenters. The van der Waals surface area contributed by atoms with Gasteiger partial charge in [-0.15, -0.1) is 0 Å². The van der Waals surface area contributed by atoms with Crippen LogP contribution in [0.15, 0.2) is 18.2 Å². The number of hydrogen-bond donors (Lipinski definition) is 1. The van der Waals surface area contributed by atoms with Gasteiger partial charge >= 0.3 is 5.97 Å². The molecule has 0 bridgehead atoms. The molecule has 104 valence electrons. The molecule has 1 aromatic rings. The Labute approximate surface area is 119 Å². The highest BCUT2D eigenvalue weighted by atomic mass is 35.5. The van der Waals surface area contributed by atoms with E-state index < -0.39 is 5.97 Å². The van der Waals surface area contributed by atoms with Crippen molar-refractivity contribution < 1.29 is 9.90 Å². The third-order valence-electron chi connectivity index (χ3n) is 4.35. The molecule has 1 aliphatic rings. The molecule has 0 aromatic heterocycles. The van der Waals surface area contributed by atoms with Crippen molar-refractivity contribution in [2.75, 3.05) is 18.0 Å². The lowest BCUT2D eigenvalue weighted by Crippen LogP contribution is -2.39. The predicted octanol–water partition coefficient (Wildman–Crippen LogP) is 4.05. The van der Waals surface area contributed by atoms with E-state index in [1.54, 1.807) is 6.07 Å². The molecule has 0 unspecified atom stereocenters. The third-order valence-corrected chi connectivity index (χ3v) is 4.59. The summed E-state index contributed by atoms with van der Waals surface area (Å²) in [6, 6.07) is 5.12. The van der Waals surface area contributed by atoms with E-state index in [0.29, 0.717) is 16.0 Å². The molecule has 3 nitrogen and oxygen atoms in total. The Morgan fingerprint density at radius 2 is 2.05 bits per heavy atom. The zero-order chi connectivity index (χ0) is 14.0. The zero-order valence-corrected chi connectivity index (χ0v) is 12.2. The summed E-state index contributed by atoms with van der Waals surface area (Å²) in [6.45, 7) is 6.35. The number of nitrogens with zero attached hydrogens (tertiary/aromatic N) is 1. The smallest absolute Gasteiger partial charge is 0.337 e. The Morgan fingerprint density at radius 1 is 1.42 bits per heavy atom.